The second-order valence-electron chi connectivity index (χ2n) is 5.63. The third kappa shape index (κ3) is 3.48. The number of rotatable bonds is 5. The molecule has 0 aliphatic carbocycles. The summed E-state index contributed by atoms with van der Waals surface area (Å²) in [5.41, 5.74) is 0.974. The van der Waals surface area contributed by atoms with Crippen molar-refractivity contribution in [2.24, 2.45) is 0 Å². The molecule has 0 unspecified atom stereocenters. The van der Waals surface area contributed by atoms with Crippen LogP contribution in [0.2, 0.25) is 0 Å². The first kappa shape index (κ1) is 15.9. The number of thiazole rings is 1. The highest BCUT2D eigenvalue weighted by atomic mass is 32.2. The highest BCUT2D eigenvalue weighted by molar-refractivity contribution is 7.90. The molecule has 0 radical (unpaired) electrons. The van der Waals surface area contributed by atoms with Crippen molar-refractivity contribution in [3.8, 4) is 0 Å². The highest BCUT2D eigenvalue weighted by Gasteiger charge is 2.28. The molecule has 1 aromatic heterocycles. The van der Waals surface area contributed by atoms with Gasteiger partial charge in [-0.3, -0.25) is 0 Å². The van der Waals surface area contributed by atoms with Gasteiger partial charge in [0.25, 0.3) is 0 Å². The van der Waals surface area contributed by atoms with Crippen molar-refractivity contribution in [1.29, 1.82) is 0 Å². The zero-order valence-electron chi connectivity index (χ0n) is 12.5. The number of para-hydroxylation sites is 1. The zero-order chi connectivity index (χ0) is 15.6. The molecule has 1 aromatic carbocycles. The standard InChI is InChI=1S/C15H20N2O3S2/c1-11(15-17-13-4-2-3-5-14(13)21-15)10-16-22(18,19)12-6-8-20-9-7-12/h2-5,11-12,16H,6-10H2,1H3/t11-/m0/s1. The van der Waals surface area contributed by atoms with Crippen LogP contribution in [-0.2, 0) is 14.8 Å². The van der Waals surface area contributed by atoms with Gasteiger partial charge in [0.2, 0.25) is 10.0 Å². The lowest BCUT2D eigenvalue weighted by Crippen LogP contribution is -2.39. The lowest BCUT2D eigenvalue weighted by molar-refractivity contribution is 0.0981. The summed E-state index contributed by atoms with van der Waals surface area (Å²) < 4.78 is 33.7. The van der Waals surface area contributed by atoms with Gasteiger partial charge < -0.3 is 4.74 Å². The zero-order valence-corrected chi connectivity index (χ0v) is 14.1. The molecule has 22 heavy (non-hydrogen) atoms. The molecule has 0 spiro atoms. The molecular weight excluding hydrogens is 320 g/mol. The molecule has 2 heterocycles. The van der Waals surface area contributed by atoms with Gasteiger partial charge in [-0.25, -0.2) is 18.1 Å². The minimum atomic E-state index is -3.27. The van der Waals surface area contributed by atoms with Crippen molar-refractivity contribution in [1.82, 2.24) is 9.71 Å². The van der Waals surface area contributed by atoms with Gasteiger partial charge in [-0.05, 0) is 25.0 Å². The molecule has 5 nitrogen and oxygen atoms in total. The molecule has 1 atom stereocenters. The smallest absolute Gasteiger partial charge is 0.214 e. The predicted molar refractivity (Wildman–Crippen MR) is 88.8 cm³/mol. The van der Waals surface area contributed by atoms with E-state index in [9.17, 15) is 8.42 Å². The van der Waals surface area contributed by atoms with Crippen LogP contribution in [0.3, 0.4) is 0 Å². The first-order valence-electron chi connectivity index (χ1n) is 7.48. The fraction of sp³-hybridized carbons (Fsp3) is 0.533. The molecule has 1 aliphatic heterocycles. The Bertz CT molecular complexity index is 703. The van der Waals surface area contributed by atoms with E-state index in [2.05, 4.69) is 9.71 Å². The summed E-state index contributed by atoms with van der Waals surface area (Å²) in [5.74, 6) is 0.0621. The number of sulfonamides is 1. The van der Waals surface area contributed by atoms with Gasteiger partial charge in [-0.1, -0.05) is 19.1 Å². The highest BCUT2D eigenvalue weighted by Crippen LogP contribution is 2.27. The minimum Gasteiger partial charge on any atom is -0.381 e. The van der Waals surface area contributed by atoms with Crippen molar-refractivity contribution in [2.75, 3.05) is 19.8 Å². The van der Waals surface area contributed by atoms with E-state index >= 15 is 0 Å². The maximum Gasteiger partial charge on any atom is 0.214 e. The van der Waals surface area contributed by atoms with Crippen LogP contribution < -0.4 is 4.72 Å². The second kappa shape index (κ2) is 6.62. The summed E-state index contributed by atoms with van der Waals surface area (Å²) in [6.45, 7) is 3.45. The first-order valence-corrected chi connectivity index (χ1v) is 9.84. The summed E-state index contributed by atoms with van der Waals surface area (Å²) in [5, 5.41) is 0.639. The molecule has 0 amide bonds. The quantitative estimate of drug-likeness (QED) is 0.908. The molecule has 0 bridgehead atoms. The maximum absolute atomic E-state index is 12.3. The van der Waals surface area contributed by atoms with E-state index in [1.807, 2.05) is 31.2 Å². The van der Waals surface area contributed by atoms with Crippen molar-refractivity contribution < 1.29 is 13.2 Å². The number of hydrogen-bond acceptors (Lipinski definition) is 5. The SMILES string of the molecule is C[C@@H](CNS(=O)(=O)C1CCOCC1)c1nc2ccccc2s1. The third-order valence-electron chi connectivity index (χ3n) is 3.93. The number of benzene rings is 1. The molecule has 120 valence electrons. The predicted octanol–water partition coefficient (Wildman–Crippen LogP) is 2.50. The Morgan fingerprint density at radius 2 is 2.09 bits per heavy atom. The molecule has 0 saturated carbocycles. The largest absolute Gasteiger partial charge is 0.381 e. The third-order valence-corrected chi connectivity index (χ3v) is 7.12. The van der Waals surface area contributed by atoms with Gasteiger partial charge in [-0.2, -0.15) is 0 Å². The Balaban J connectivity index is 1.65. The molecule has 1 N–H and O–H groups in total. The number of nitrogens with one attached hydrogen (secondary N) is 1. The normalized spacial score (nSPS) is 18.6. The Morgan fingerprint density at radius 1 is 1.36 bits per heavy atom. The molecule has 1 fully saturated rings. The van der Waals surface area contributed by atoms with Crippen LogP contribution in [0.1, 0.15) is 30.7 Å². The van der Waals surface area contributed by atoms with Gasteiger partial charge >= 0.3 is 0 Å². The molecule has 7 heteroatoms. The molecule has 1 aliphatic rings. The van der Waals surface area contributed by atoms with E-state index < -0.39 is 10.0 Å². The molecule has 1 saturated heterocycles. The van der Waals surface area contributed by atoms with Gasteiger partial charge in [0.15, 0.2) is 0 Å². The monoisotopic (exact) mass is 340 g/mol. The van der Waals surface area contributed by atoms with Crippen LogP contribution in [-0.4, -0.2) is 38.4 Å². The maximum atomic E-state index is 12.3. The lowest BCUT2D eigenvalue weighted by Gasteiger charge is -2.23. The van der Waals surface area contributed by atoms with Gasteiger partial charge in [0, 0.05) is 25.7 Å². The summed E-state index contributed by atoms with van der Waals surface area (Å²) in [7, 11) is -3.27. The van der Waals surface area contributed by atoms with Crippen LogP contribution in [0.15, 0.2) is 24.3 Å². The van der Waals surface area contributed by atoms with E-state index in [1.165, 1.54) is 0 Å². The van der Waals surface area contributed by atoms with Crippen LogP contribution in [0, 0.1) is 0 Å². The van der Waals surface area contributed by atoms with Crippen LogP contribution in [0.25, 0.3) is 10.2 Å². The van der Waals surface area contributed by atoms with E-state index in [-0.39, 0.29) is 11.2 Å². The van der Waals surface area contributed by atoms with E-state index in [4.69, 9.17) is 4.74 Å². The fourth-order valence-corrected chi connectivity index (χ4v) is 5.08. The van der Waals surface area contributed by atoms with Crippen molar-refractivity contribution in [3.63, 3.8) is 0 Å². The van der Waals surface area contributed by atoms with Crippen LogP contribution in [0.4, 0.5) is 0 Å². The number of nitrogens with zero attached hydrogens (tertiary/aromatic N) is 1. The Kier molecular flexibility index (Phi) is 4.77. The fourth-order valence-electron chi connectivity index (χ4n) is 2.53. The summed E-state index contributed by atoms with van der Waals surface area (Å²) in [6.07, 6.45) is 1.15. The van der Waals surface area contributed by atoms with Crippen LogP contribution >= 0.6 is 11.3 Å². The summed E-state index contributed by atoms with van der Waals surface area (Å²) >= 11 is 1.63. The molecule has 3 rings (SSSR count). The van der Waals surface area contributed by atoms with Crippen molar-refractivity contribution in [2.45, 2.75) is 30.9 Å². The van der Waals surface area contributed by atoms with E-state index in [1.54, 1.807) is 11.3 Å². The molecular formula is C15H20N2O3S2. The van der Waals surface area contributed by atoms with Crippen LogP contribution in [0.5, 0.6) is 0 Å². The number of aromatic nitrogens is 1. The first-order chi connectivity index (χ1) is 10.6. The number of hydrogen-bond donors (Lipinski definition) is 1. The Labute approximate surface area is 134 Å². The van der Waals surface area contributed by atoms with Crippen molar-refractivity contribution in [3.05, 3.63) is 29.3 Å². The Morgan fingerprint density at radius 3 is 2.82 bits per heavy atom. The minimum absolute atomic E-state index is 0.0621. The van der Waals surface area contributed by atoms with E-state index in [0.29, 0.717) is 32.6 Å². The average molecular weight is 340 g/mol. The van der Waals surface area contributed by atoms with Gasteiger partial charge in [-0.15, -0.1) is 11.3 Å². The Hall–Kier alpha value is -1.02. The summed E-state index contributed by atoms with van der Waals surface area (Å²) in [6, 6.07) is 7.97. The second-order valence-corrected chi connectivity index (χ2v) is 8.73. The van der Waals surface area contributed by atoms with Crippen molar-refractivity contribution >= 4 is 31.6 Å². The van der Waals surface area contributed by atoms with Gasteiger partial charge in [0.1, 0.15) is 0 Å². The van der Waals surface area contributed by atoms with Gasteiger partial charge in [0.05, 0.1) is 20.5 Å². The molecule has 2 aromatic rings. The number of ether oxygens (including phenoxy) is 1. The summed E-state index contributed by atoms with van der Waals surface area (Å²) in [4.78, 5) is 4.59. The average Bonchev–Trinajstić information content (AvgIpc) is 2.98. The van der Waals surface area contributed by atoms with E-state index in [0.717, 1.165) is 15.2 Å². The number of fused-ring (bicyclic) bond motifs is 1. The lowest BCUT2D eigenvalue weighted by atomic mass is 10.2. The topological polar surface area (TPSA) is 68.3 Å².